The van der Waals surface area contributed by atoms with Crippen LogP contribution in [-0.2, 0) is 0 Å². The fraction of sp³-hybridized carbons (Fsp3) is 0.154. The normalized spacial score (nSPS) is 9.22. The highest BCUT2D eigenvalue weighted by Gasteiger charge is 2.01. The van der Waals surface area contributed by atoms with Crippen molar-refractivity contribution < 1.29 is 14.3 Å². The summed E-state index contributed by atoms with van der Waals surface area (Å²) < 4.78 is 4.50. The number of hydrogen-bond donors (Lipinski definition) is 2. The quantitative estimate of drug-likeness (QED) is 0.797. The third-order valence-corrected chi connectivity index (χ3v) is 2.14. The lowest BCUT2D eigenvalue weighted by molar-refractivity contribution is 0.0662. The average molecular weight is 248 g/mol. The number of aromatic carboxylic acids is 1. The lowest BCUT2D eigenvalue weighted by Gasteiger charge is -2.11. The summed E-state index contributed by atoms with van der Waals surface area (Å²) in [5.41, 5.74) is 7.49. The number of carboxylic acid groups (broad SMARTS) is 1. The van der Waals surface area contributed by atoms with Gasteiger partial charge in [0.05, 0.1) is 6.26 Å². The molecule has 0 unspecified atom stereocenters. The van der Waals surface area contributed by atoms with E-state index >= 15 is 0 Å². The molecule has 1 aromatic carbocycles. The van der Waals surface area contributed by atoms with Crippen molar-refractivity contribution in [2.45, 2.75) is 0 Å². The Hall–Kier alpha value is -2.43. The van der Waals surface area contributed by atoms with E-state index in [1.807, 2.05) is 43.3 Å². The molecule has 0 radical (unpaired) electrons. The first kappa shape index (κ1) is 13.6. The topological polar surface area (TPSA) is 79.7 Å². The molecule has 2 rings (SSSR count). The predicted molar refractivity (Wildman–Crippen MR) is 70.8 cm³/mol. The first-order chi connectivity index (χ1) is 8.50. The van der Waals surface area contributed by atoms with Gasteiger partial charge in [-0.15, -0.1) is 0 Å². The van der Waals surface area contributed by atoms with E-state index in [0.29, 0.717) is 0 Å². The highest BCUT2D eigenvalue weighted by Crippen LogP contribution is 2.12. The number of anilines is 2. The molecular weight excluding hydrogens is 232 g/mol. The largest absolute Gasteiger partial charge is 0.475 e. The molecule has 0 spiro atoms. The smallest absolute Gasteiger partial charge is 0.371 e. The Kier molecular flexibility index (Phi) is 4.80. The van der Waals surface area contributed by atoms with Crippen molar-refractivity contribution in [3.63, 3.8) is 0 Å². The van der Waals surface area contributed by atoms with Crippen LogP contribution in [0.2, 0.25) is 0 Å². The van der Waals surface area contributed by atoms with Crippen LogP contribution in [0, 0.1) is 0 Å². The van der Waals surface area contributed by atoms with Crippen LogP contribution in [0.25, 0.3) is 0 Å². The summed E-state index contributed by atoms with van der Waals surface area (Å²) in [6.45, 7) is 0. The SMILES string of the molecule is CN(C)c1ccc(N)cc1.O=C(O)c1ccco1. The first-order valence-corrected chi connectivity index (χ1v) is 5.30. The van der Waals surface area contributed by atoms with Crippen molar-refractivity contribution in [3.8, 4) is 0 Å². The molecule has 1 heterocycles. The fourth-order valence-corrected chi connectivity index (χ4v) is 1.17. The second kappa shape index (κ2) is 6.34. The Labute approximate surface area is 105 Å². The molecule has 0 amide bonds. The summed E-state index contributed by atoms with van der Waals surface area (Å²) in [5.74, 6) is -1.06. The molecule has 0 aliphatic carbocycles. The van der Waals surface area contributed by atoms with Crippen molar-refractivity contribution in [2.75, 3.05) is 24.7 Å². The van der Waals surface area contributed by atoms with E-state index in [0.717, 1.165) is 5.69 Å². The van der Waals surface area contributed by atoms with E-state index in [4.69, 9.17) is 10.8 Å². The Balaban J connectivity index is 0.000000184. The van der Waals surface area contributed by atoms with Gasteiger partial charge in [0.1, 0.15) is 0 Å². The highest BCUT2D eigenvalue weighted by atomic mass is 16.4. The molecule has 0 aliphatic rings. The Morgan fingerprint density at radius 1 is 1.22 bits per heavy atom. The molecule has 3 N–H and O–H groups in total. The van der Waals surface area contributed by atoms with Crippen molar-refractivity contribution in [1.29, 1.82) is 0 Å². The summed E-state index contributed by atoms with van der Waals surface area (Å²) >= 11 is 0. The number of furan rings is 1. The predicted octanol–water partition coefficient (Wildman–Crippen LogP) is 2.31. The fourth-order valence-electron chi connectivity index (χ4n) is 1.17. The molecule has 96 valence electrons. The number of carbonyl (C=O) groups is 1. The third-order valence-electron chi connectivity index (χ3n) is 2.14. The summed E-state index contributed by atoms with van der Waals surface area (Å²) in [4.78, 5) is 12.0. The van der Waals surface area contributed by atoms with Crippen molar-refractivity contribution in [1.82, 2.24) is 0 Å². The van der Waals surface area contributed by atoms with Crippen LogP contribution in [0.1, 0.15) is 10.6 Å². The van der Waals surface area contributed by atoms with Gasteiger partial charge >= 0.3 is 5.97 Å². The van der Waals surface area contributed by atoms with Crippen LogP contribution in [0.3, 0.4) is 0 Å². The second-order valence-electron chi connectivity index (χ2n) is 3.77. The molecule has 0 aliphatic heterocycles. The van der Waals surface area contributed by atoms with E-state index in [-0.39, 0.29) is 5.76 Å². The summed E-state index contributed by atoms with van der Waals surface area (Å²) in [7, 11) is 4.01. The van der Waals surface area contributed by atoms with E-state index in [9.17, 15) is 4.79 Å². The van der Waals surface area contributed by atoms with Crippen molar-refractivity contribution in [2.24, 2.45) is 0 Å². The number of benzene rings is 1. The van der Waals surface area contributed by atoms with Gasteiger partial charge in [0.25, 0.3) is 0 Å². The number of nitrogens with two attached hydrogens (primary N) is 1. The standard InChI is InChI=1S/C8H12N2.C5H4O3/c1-10(2)8-5-3-7(9)4-6-8;6-5(7)4-2-1-3-8-4/h3-6H,9H2,1-2H3;1-3H,(H,6,7). The maximum atomic E-state index is 9.97. The number of hydrogen-bond acceptors (Lipinski definition) is 4. The Morgan fingerprint density at radius 3 is 2.17 bits per heavy atom. The van der Waals surface area contributed by atoms with Gasteiger partial charge in [0, 0.05) is 25.5 Å². The van der Waals surface area contributed by atoms with Crippen molar-refractivity contribution in [3.05, 3.63) is 48.4 Å². The molecule has 5 heteroatoms. The minimum Gasteiger partial charge on any atom is -0.475 e. The number of nitrogen functional groups attached to an aromatic ring is 1. The van der Waals surface area contributed by atoms with Gasteiger partial charge in [-0.2, -0.15) is 0 Å². The van der Waals surface area contributed by atoms with Gasteiger partial charge in [0.15, 0.2) is 0 Å². The van der Waals surface area contributed by atoms with Gasteiger partial charge in [-0.05, 0) is 36.4 Å². The van der Waals surface area contributed by atoms with Crippen LogP contribution >= 0.6 is 0 Å². The number of carboxylic acids is 1. The molecule has 2 aromatic rings. The molecule has 0 fully saturated rings. The van der Waals surface area contributed by atoms with E-state index in [1.54, 1.807) is 0 Å². The molecular formula is C13H16N2O3. The average Bonchev–Trinajstić information content (AvgIpc) is 2.84. The van der Waals surface area contributed by atoms with Gasteiger partial charge in [0.2, 0.25) is 5.76 Å². The van der Waals surface area contributed by atoms with Crippen LogP contribution in [-0.4, -0.2) is 25.2 Å². The highest BCUT2D eigenvalue weighted by molar-refractivity contribution is 5.84. The van der Waals surface area contributed by atoms with Gasteiger partial charge in [-0.25, -0.2) is 4.79 Å². The van der Waals surface area contributed by atoms with Crippen LogP contribution < -0.4 is 10.6 Å². The zero-order chi connectivity index (χ0) is 13.5. The third kappa shape index (κ3) is 4.21. The van der Waals surface area contributed by atoms with Gasteiger partial charge in [-0.1, -0.05) is 0 Å². The number of nitrogens with zero attached hydrogens (tertiary/aromatic N) is 1. The molecule has 0 saturated heterocycles. The molecule has 0 atom stereocenters. The molecule has 18 heavy (non-hydrogen) atoms. The maximum Gasteiger partial charge on any atom is 0.371 e. The molecule has 0 saturated carbocycles. The van der Waals surface area contributed by atoms with Crippen LogP contribution in [0.5, 0.6) is 0 Å². The van der Waals surface area contributed by atoms with E-state index < -0.39 is 5.97 Å². The lowest BCUT2D eigenvalue weighted by Crippen LogP contribution is -2.08. The zero-order valence-corrected chi connectivity index (χ0v) is 10.3. The van der Waals surface area contributed by atoms with E-state index in [1.165, 1.54) is 24.1 Å². The maximum absolute atomic E-state index is 9.97. The lowest BCUT2D eigenvalue weighted by atomic mass is 10.3. The van der Waals surface area contributed by atoms with Crippen LogP contribution in [0.15, 0.2) is 47.1 Å². The number of rotatable bonds is 2. The molecule has 1 aromatic heterocycles. The Bertz CT molecular complexity index is 475. The summed E-state index contributed by atoms with van der Waals surface area (Å²) in [5, 5.41) is 8.18. The van der Waals surface area contributed by atoms with E-state index in [2.05, 4.69) is 4.42 Å². The monoisotopic (exact) mass is 248 g/mol. The van der Waals surface area contributed by atoms with Gasteiger partial charge in [-0.3, -0.25) is 0 Å². The minimum atomic E-state index is -1.03. The van der Waals surface area contributed by atoms with Crippen LogP contribution in [0.4, 0.5) is 11.4 Å². The second-order valence-corrected chi connectivity index (χ2v) is 3.77. The van der Waals surface area contributed by atoms with Crippen molar-refractivity contribution >= 4 is 17.3 Å². The first-order valence-electron chi connectivity index (χ1n) is 5.30. The minimum absolute atomic E-state index is 0.0231. The summed E-state index contributed by atoms with van der Waals surface area (Å²) in [6.07, 6.45) is 1.32. The van der Waals surface area contributed by atoms with Gasteiger partial charge < -0.3 is 20.2 Å². The zero-order valence-electron chi connectivity index (χ0n) is 10.3. The molecule has 0 bridgehead atoms. The summed E-state index contributed by atoms with van der Waals surface area (Å²) in [6, 6.07) is 10.7. The Morgan fingerprint density at radius 2 is 1.83 bits per heavy atom. The molecule has 5 nitrogen and oxygen atoms in total.